The average Bonchev–Trinajstić information content (AvgIpc) is 2.46. The fourth-order valence-electron chi connectivity index (χ4n) is 2.64. The second-order valence-corrected chi connectivity index (χ2v) is 6.45. The number of nitrogens with one attached hydrogen (secondary N) is 1. The predicted octanol–water partition coefficient (Wildman–Crippen LogP) is 4.24. The Morgan fingerprint density at radius 2 is 2.10 bits per heavy atom. The molecule has 3 nitrogen and oxygen atoms in total. The second-order valence-electron chi connectivity index (χ2n) is 5.12. The van der Waals surface area contributed by atoms with Crippen molar-refractivity contribution < 1.29 is 9.53 Å². The van der Waals surface area contributed by atoms with Crippen LogP contribution in [0.25, 0.3) is 0 Å². The van der Waals surface area contributed by atoms with Crippen LogP contribution in [0.1, 0.15) is 43.7 Å². The lowest BCUT2D eigenvalue weighted by Gasteiger charge is -2.27. The highest BCUT2D eigenvalue weighted by Gasteiger charge is 2.27. The van der Waals surface area contributed by atoms with Crippen molar-refractivity contribution in [2.75, 3.05) is 7.11 Å². The maximum Gasteiger partial charge on any atom is 0.327 e. The number of benzene rings is 1. The Bertz CT molecular complexity index is 475. The zero-order valence-corrected chi connectivity index (χ0v) is 13.8. The minimum absolute atomic E-state index is 0.292. The van der Waals surface area contributed by atoms with Gasteiger partial charge in [0.15, 0.2) is 0 Å². The average molecular weight is 361 g/mol. The number of carbonyl (C=O) groups is 1. The molecular formula is C15H19BrClNO2. The van der Waals surface area contributed by atoms with Crippen LogP contribution in [-0.2, 0) is 9.53 Å². The predicted molar refractivity (Wildman–Crippen MR) is 83.9 cm³/mol. The maximum atomic E-state index is 12.1. The van der Waals surface area contributed by atoms with Gasteiger partial charge in [0.2, 0.25) is 0 Å². The van der Waals surface area contributed by atoms with E-state index in [-0.39, 0.29) is 5.97 Å². The molecule has 1 aliphatic rings. The van der Waals surface area contributed by atoms with Gasteiger partial charge in [0.25, 0.3) is 0 Å². The summed E-state index contributed by atoms with van der Waals surface area (Å²) in [6.07, 6.45) is 5.89. The fraction of sp³-hybridized carbons (Fsp3) is 0.533. The summed E-state index contributed by atoms with van der Waals surface area (Å²) in [7, 11) is 1.41. The molecule has 1 fully saturated rings. The van der Waals surface area contributed by atoms with Crippen LogP contribution in [0.3, 0.4) is 0 Å². The van der Waals surface area contributed by atoms with E-state index in [9.17, 15) is 4.79 Å². The normalized spacial score (nSPS) is 17.8. The van der Waals surface area contributed by atoms with Crippen LogP contribution >= 0.6 is 27.5 Å². The Balaban J connectivity index is 2.20. The van der Waals surface area contributed by atoms with Crippen LogP contribution in [0.4, 0.5) is 0 Å². The van der Waals surface area contributed by atoms with E-state index >= 15 is 0 Å². The standard InChI is InChI=1S/C15H19BrClNO2/c1-20-15(19)14(18-11-5-3-2-4-6-11)12-8-7-10(16)9-13(12)17/h7-9,11,14,18H,2-6H2,1H3. The van der Waals surface area contributed by atoms with E-state index < -0.39 is 6.04 Å². The van der Waals surface area contributed by atoms with Crippen molar-refractivity contribution in [2.24, 2.45) is 0 Å². The van der Waals surface area contributed by atoms with Crippen LogP contribution in [0.5, 0.6) is 0 Å². The Morgan fingerprint density at radius 3 is 2.70 bits per heavy atom. The highest BCUT2D eigenvalue weighted by molar-refractivity contribution is 9.10. The van der Waals surface area contributed by atoms with E-state index in [1.165, 1.54) is 26.4 Å². The summed E-state index contributed by atoms with van der Waals surface area (Å²) < 4.78 is 5.82. The molecular weight excluding hydrogens is 342 g/mol. The second kappa shape index (κ2) is 7.43. The number of methoxy groups -OCH3 is 1. The van der Waals surface area contributed by atoms with Crippen LogP contribution in [-0.4, -0.2) is 19.1 Å². The van der Waals surface area contributed by atoms with E-state index in [0.29, 0.717) is 11.1 Å². The smallest absolute Gasteiger partial charge is 0.327 e. The first kappa shape index (κ1) is 15.8. The molecule has 2 rings (SSSR count). The van der Waals surface area contributed by atoms with Crippen molar-refractivity contribution in [3.05, 3.63) is 33.3 Å². The SMILES string of the molecule is COC(=O)C(NC1CCCCC1)c1ccc(Br)cc1Cl. The first-order valence-electron chi connectivity index (χ1n) is 6.90. The highest BCUT2D eigenvalue weighted by atomic mass is 79.9. The molecule has 1 aromatic rings. The number of rotatable bonds is 4. The summed E-state index contributed by atoms with van der Waals surface area (Å²) in [4.78, 5) is 12.1. The molecule has 20 heavy (non-hydrogen) atoms. The molecule has 1 N–H and O–H groups in total. The Hall–Kier alpha value is -0.580. The topological polar surface area (TPSA) is 38.3 Å². The largest absolute Gasteiger partial charge is 0.468 e. The number of hydrogen-bond acceptors (Lipinski definition) is 3. The zero-order valence-electron chi connectivity index (χ0n) is 11.5. The molecule has 5 heteroatoms. The summed E-state index contributed by atoms with van der Waals surface area (Å²) in [5.41, 5.74) is 0.771. The lowest BCUT2D eigenvalue weighted by molar-refractivity contribution is -0.143. The van der Waals surface area contributed by atoms with Gasteiger partial charge in [0.05, 0.1) is 7.11 Å². The molecule has 0 aromatic heterocycles. The Kier molecular flexibility index (Phi) is 5.87. The van der Waals surface area contributed by atoms with Gasteiger partial charge in [-0.05, 0) is 30.5 Å². The van der Waals surface area contributed by atoms with Crippen LogP contribution < -0.4 is 5.32 Å². The minimum Gasteiger partial charge on any atom is -0.468 e. The van der Waals surface area contributed by atoms with Gasteiger partial charge in [-0.2, -0.15) is 0 Å². The molecule has 0 saturated heterocycles. The van der Waals surface area contributed by atoms with Crippen LogP contribution in [0.15, 0.2) is 22.7 Å². The molecule has 0 spiro atoms. The third-order valence-electron chi connectivity index (χ3n) is 3.72. The van der Waals surface area contributed by atoms with Gasteiger partial charge in [-0.3, -0.25) is 5.32 Å². The quantitative estimate of drug-likeness (QED) is 0.816. The van der Waals surface area contributed by atoms with Gasteiger partial charge in [-0.15, -0.1) is 0 Å². The molecule has 0 amide bonds. The number of carbonyl (C=O) groups excluding carboxylic acids is 1. The molecule has 1 unspecified atom stereocenters. The molecule has 1 aromatic carbocycles. The van der Waals surface area contributed by atoms with Gasteiger partial charge in [-0.25, -0.2) is 4.79 Å². The summed E-state index contributed by atoms with van der Waals surface area (Å²) >= 11 is 9.64. The van der Waals surface area contributed by atoms with Crippen molar-refractivity contribution in [3.8, 4) is 0 Å². The first-order chi connectivity index (χ1) is 9.61. The zero-order chi connectivity index (χ0) is 14.5. The molecule has 1 atom stereocenters. The number of halogens is 2. The summed E-state index contributed by atoms with van der Waals surface area (Å²) in [5.74, 6) is -0.292. The maximum absolute atomic E-state index is 12.1. The lowest BCUT2D eigenvalue weighted by Crippen LogP contribution is -2.38. The van der Waals surface area contributed by atoms with E-state index in [0.717, 1.165) is 22.9 Å². The van der Waals surface area contributed by atoms with Crippen molar-refractivity contribution in [2.45, 2.75) is 44.2 Å². The van der Waals surface area contributed by atoms with Gasteiger partial charge in [0, 0.05) is 15.5 Å². The molecule has 110 valence electrons. The van der Waals surface area contributed by atoms with Gasteiger partial charge < -0.3 is 4.74 Å². The Morgan fingerprint density at radius 1 is 1.40 bits per heavy atom. The highest BCUT2D eigenvalue weighted by Crippen LogP contribution is 2.29. The summed E-state index contributed by atoms with van der Waals surface area (Å²) in [6, 6.07) is 5.41. The van der Waals surface area contributed by atoms with E-state index in [1.54, 1.807) is 6.07 Å². The molecule has 1 aliphatic carbocycles. The van der Waals surface area contributed by atoms with Gasteiger partial charge >= 0.3 is 5.97 Å². The summed E-state index contributed by atoms with van der Waals surface area (Å²) in [5, 5.41) is 3.98. The van der Waals surface area contributed by atoms with Crippen molar-refractivity contribution in [1.82, 2.24) is 5.32 Å². The van der Waals surface area contributed by atoms with Gasteiger partial charge in [0.1, 0.15) is 6.04 Å². The number of ether oxygens (including phenoxy) is 1. The van der Waals surface area contributed by atoms with Crippen LogP contribution in [0.2, 0.25) is 5.02 Å². The van der Waals surface area contributed by atoms with Crippen molar-refractivity contribution in [3.63, 3.8) is 0 Å². The lowest BCUT2D eigenvalue weighted by atomic mass is 9.94. The monoisotopic (exact) mass is 359 g/mol. The third kappa shape index (κ3) is 3.96. The number of esters is 1. The molecule has 0 heterocycles. The molecule has 0 radical (unpaired) electrons. The van der Waals surface area contributed by atoms with Crippen molar-refractivity contribution in [1.29, 1.82) is 0 Å². The van der Waals surface area contributed by atoms with Gasteiger partial charge in [-0.1, -0.05) is 52.9 Å². The van der Waals surface area contributed by atoms with E-state index in [2.05, 4.69) is 21.2 Å². The molecule has 0 bridgehead atoms. The summed E-state index contributed by atoms with van der Waals surface area (Å²) in [6.45, 7) is 0. The van der Waals surface area contributed by atoms with E-state index in [4.69, 9.17) is 16.3 Å². The Labute approximate surface area is 133 Å². The molecule has 1 saturated carbocycles. The van der Waals surface area contributed by atoms with Crippen molar-refractivity contribution >= 4 is 33.5 Å². The fourth-order valence-corrected chi connectivity index (χ4v) is 3.43. The van der Waals surface area contributed by atoms with E-state index in [1.807, 2.05) is 12.1 Å². The van der Waals surface area contributed by atoms with Crippen LogP contribution in [0, 0.1) is 0 Å². The number of hydrogen-bond donors (Lipinski definition) is 1. The first-order valence-corrected chi connectivity index (χ1v) is 8.07. The third-order valence-corrected chi connectivity index (χ3v) is 4.54. The molecule has 0 aliphatic heterocycles. The minimum atomic E-state index is -0.497.